The van der Waals surface area contributed by atoms with Crippen LogP contribution in [0.4, 0.5) is 0 Å². The van der Waals surface area contributed by atoms with Crippen molar-refractivity contribution < 1.29 is 0 Å². The fraction of sp³-hybridized carbons (Fsp3) is 0.167. The Morgan fingerprint density at radius 3 is 3.10 bits per heavy atom. The van der Waals surface area contributed by atoms with Crippen LogP contribution < -0.4 is 0 Å². The molecular formula is C6H4ClN3. The highest BCUT2D eigenvalue weighted by Crippen LogP contribution is 2.01. The summed E-state index contributed by atoms with van der Waals surface area (Å²) in [7, 11) is 0. The first-order valence-corrected chi connectivity index (χ1v) is 3.05. The van der Waals surface area contributed by atoms with Crippen molar-refractivity contribution in [2.75, 3.05) is 0 Å². The molecule has 4 heteroatoms. The number of rotatable bonds is 1. The minimum atomic E-state index is 0.209. The maximum atomic E-state index is 8.24. The van der Waals surface area contributed by atoms with Gasteiger partial charge >= 0.3 is 0 Å². The van der Waals surface area contributed by atoms with Gasteiger partial charge in [0.15, 0.2) is 0 Å². The molecule has 0 N–H and O–H groups in total. The van der Waals surface area contributed by atoms with Crippen molar-refractivity contribution in [2.24, 2.45) is 0 Å². The highest BCUT2D eigenvalue weighted by molar-refractivity contribution is 6.29. The predicted octanol–water partition coefficient (Wildman–Crippen LogP) is 1.20. The van der Waals surface area contributed by atoms with Gasteiger partial charge in [-0.1, -0.05) is 11.6 Å². The van der Waals surface area contributed by atoms with Crippen molar-refractivity contribution >= 4 is 11.6 Å². The van der Waals surface area contributed by atoms with E-state index in [9.17, 15) is 0 Å². The quantitative estimate of drug-likeness (QED) is 0.570. The zero-order chi connectivity index (χ0) is 7.40. The van der Waals surface area contributed by atoms with E-state index in [1.54, 1.807) is 6.07 Å². The lowest BCUT2D eigenvalue weighted by atomic mass is 10.4. The van der Waals surface area contributed by atoms with Crippen molar-refractivity contribution in [2.45, 2.75) is 6.42 Å². The number of hydrogen-bond donors (Lipinski definition) is 0. The lowest BCUT2D eigenvalue weighted by Crippen LogP contribution is -1.91. The van der Waals surface area contributed by atoms with Crippen molar-refractivity contribution in [3.05, 3.63) is 23.2 Å². The molecule has 0 spiro atoms. The molecule has 0 radical (unpaired) electrons. The summed E-state index contributed by atoms with van der Waals surface area (Å²) in [4.78, 5) is 7.61. The summed E-state index contributed by atoms with van der Waals surface area (Å²) in [5.41, 5.74) is 0. The van der Waals surface area contributed by atoms with E-state index in [2.05, 4.69) is 9.97 Å². The van der Waals surface area contributed by atoms with Crippen LogP contribution in [0.2, 0.25) is 5.15 Å². The zero-order valence-electron chi connectivity index (χ0n) is 5.08. The molecule has 0 aliphatic rings. The molecule has 1 heterocycles. The van der Waals surface area contributed by atoms with Crippen LogP contribution >= 0.6 is 11.6 Å². The van der Waals surface area contributed by atoms with Crippen LogP contribution in [0.5, 0.6) is 0 Å². The Balaban J connectivity index is 2.87. The van der Waals surface area contributed by atoms with Crippen LogP contribution in [-0.4, -0.2) is 9.97 Å². The molecule has 0 saturated heterocycles. The van der Waals surface area contributed by atoms with Gasteiger partial charge in [-0.2, -0.15) is 5.26 Å². The van der Waals surface area contributed by atoms with Crippen LogP contribution in [0.3, 0.4) is 0 Å². The summed E-state index contributed by atoms with van der Waals surface area (Å²) in [5, 5.41) is 8.61. The minimum Gasteiger partial charge on any atom is -0.240 e. The molecule has 0 unspecified atom stereocenters. The van der Waals surface area contributed by atoms with Crippen LogP contribution in [-0.2, 0) is 6.42 Å². The fourth-order valence-electron chi connectivity index (χ4n) is 0.530. The topological polar surface area (TPSA) is 49.6 Å². The third-order valence-electron chi connectivity index (χ3n) is 0.909. The van der Waals surface area contributed by atoms with Gasteiger partial charge in [-0.05, 0) is 6.07 Å². The minimum absolute atomic E-state index is 0.209. The highest BCUT2D eigenvalue weighted by Gasteiger charge is 1.93. The first-order valence-electron chi connectivity index (χ1n) is 2.67. The van der Waals surface area contributed by atoms with Crippen LogP contribution in [0.25, 0.3) is 0 Å². The van der Waals surface area contributed by atoms with Crippen molar-refractivity contribution in [3.8, 4) is 6.07 Å². The predicted molar refractivity (Wildman–Crippen MR) is 36.4 cm³/mol. The van der Waals surface area contributed by atoms with Crippen molar-refractivity contribution in [1.29, 1.82) is 5.26 Å². The molecule has 1 rings (SSSR count). The zero-order valence-corrected chi connectivity index (χ0v) is 5.84. The molecule has 0 aromatic carbocycles. The van der Waals surface area contributed by atoms with E-state index in [1.807, 2.05) is 6.07 Å². The van der Waals surface area contributed by atoms with Crippen molar-refractivity contribution in [1.82, 2.24) is 9.97 Å². The first-order chi connectivity index (χ1) is 4.83. The maximum Gasteiger partial charge on any atom is 0.144 e. The average Bonchev–Trinajstić information content (AvgIpc) is 1.88. The second kappa shape index (κ2) is 3.14. The molecule has 0 bridgehead atoms. The Bertz CT molecular complexity index is 266. The molecule has 3 nitrogen and oxygen atoms in total. The van der Waals surface area contributed by atoms with E-state index in [0.717, 1.165) is 0 Å². The molecule has 1 aromatic heterocycles. The lowest BCUT2D eigenvalue weighted by molar-refractivity contribution is 0.995. The molecule has 1 aromatic rings. The Kier molecular flexibility index (Phi) is 2.19. The second-order valence-corrected chi connectivity index (χ2v) is 2.02. The average molecular weight is 154 g/mol. The number of nitriles is 1. The van der Waals surface area contributed by atoms with Crippen LogP contribution in [0.15, 0.2) is 12.3 Å². The molecule has 0 fully saturated rings. The van der Waals surface area contributed by atoms with E-state index in [1.165, 1.54) is 6.20 Å². The third-order valence-corrected chi connectivity index (χ3v) is 1.12. The van der Waals surface area contributed by atoms with Crippen LogP contribution in [0, 0.1) is 11.3 Å². The van der Waals surface area contributed by atoms with E-state index < -0.39 is 0 Å². The van der Waals surface area contributed by atoms with E-state index in [0.29, 0.717) is 11.0 Å². The highest BCUT2D eigenvalue weighted by atomic mass is 35.5. The first kappa shape index (κ1) is 6.97. The molecule has 0 aliphatic heterocycles. The second-order valence-electron chi connectivity index (χ2n) is 1.63. The van der Waals surface area contributed by atoms with E-state index in [4.69, 9.17) is 16.9 Å². The molecule has 0 atom stereocenters. The summed E-state index contributed by atoms with van der Waals surface area (Å²) in [6, 6.07) is 3.50. The summed E-state index contributed by atoms with van der Waals surface area (Å²) in [6.07, 6.45) is 1.74. The van der Waals surface area contributed by atoms with Gasteiger partial charge in [0, 0.05) is 6.20 Å². The SMILES string of the molecule is N#CCc1nccc(Cl)n1. The number of aromatic nitrogens is 2. The summed E-state index contributed by atoms with van der Waals surface area (Å²) >= 11 is 5.52. The molecule has 50 valence electrons. The third kappa shape index (κ3) is 1.67. The van der Waals surface area contributed by atoms with Gasteiger partial charge in [-0.15, -0.1) is 0 Å². The monoisotopic (exact) mass is 153 g/mol. The normalized spacial score (nSPS) is 8.80. The number of halogens is 1. The fourth-order valence-corrected chi connectivity index (χ4v) is 0.684. The smallest absolute Gasteiger partial charge is 0.144 e. The van der Waals surface area contributed by atoms with E-state index >= 15 is 0 Å². The van der Waals surface area contributed by atoms with Gasteiger partial charge in [0.25, 0.3) is 0 Å². The molecule has 0 amide bonds. The Labute approximate surface area is 63.3 Å². The summed E-state index contributed by atoms with van der Waals surface area (Å²) in [5.74, 6) is 0.468. The van der Waals surface area contributed by atoms with Gasteiger partial charge in [0.2, 0.25) is 0 Å². The summed E-state index contributed by atoms with van der Waals surface area (Å²) in [6.45, 7) is 0. The molecule has 0 aliphatic carbocycles. The van der Waals surface area contributed by atoms with Gasteiger partial charge in [-0.25, -0.2) is 9.97 Å². The number of nitrogens with zero attached hydrogens (tertiary/aromatic N) is 3. The standard InChI is InChI=1S/C6H4ClN3/c7-5-2-4-9-6(10-5)1-3-8/h2,4H,1H2. The summed E-state index contributed by atoms with van der Waals surface area (Å²) < 4.78 is 0. The largest absolute Gasteiger partial charge is 0.240 e. The van der Waals surface area contributed by atoms with Crippen LogP contribution in [0.1, 0.15) is 5.82 Å². The van der Waals surface area contributed by atoms with Gasteiger partial charge < -0.3 is 0 Å². The Morgan fingerprint density at radius 1 is 1.70 bits per heavy atom. The Hall–Kier alpha value is -1.14. The van der Waals surface area contributed by atoms with E-state index in [-0.39, 0.29) is 6.42 Å². The lowest BCUT2D eigenvalue weighted by Gasteiger charge is -1.90. The molecule has 10 heavy (non-hydrogen) atoms. The van der Waals surface area contributed by atoms with Gasteiger partial charge in [0.1, 0.15) is 11.0 Å². The van der Waals surface area contributed by atoms with Gasteiger partial charge in [0.05, 0.1) is 12.5 Å². The number of hydrogen-bond acceptors (Lipinski definition) is 3. The maximum absolute atomic E-state index is 8.24. The van der Waals surface area contributed by atoms with Gasteiger partial charge in [-0.3, -0.25) is 0 Å². The molecule has 0 saturated carbocycles. The van der Waals surface area contributed by atoms with Crippen molar-refractivity contribution in [3.63, 3.8) is 0 Å². The molecular weight excluding hydrogens is 150 g/mol. The Morgan fingerprint density at radius 2 is 2.50 bits per heavy atom.